The molecule has 1 aliphatic heterocycles. The van der Waals surface area contributed by atoms with E-state index in [0.717, 1.165) is 43.9 Å². The van der Waals surface area contributed by atoms with Crippen LogP contribution >= 0.6 is 0 Å². The Labute approximate surface area is 111 Å². The third kappa shape index (κ3) is 2.83. The van der Waals surface area contributed by atoms with Gasteiger partial charge in [0.05, 0.1) is 6.20 Å². The molecule has 0 unspecified atom stereocenters. The van der Waals surface area contributed by atoms with Gasteiger partial charge in [0.15, 0.2) is 5.76 Å². The molecule has 1 aromatic carbocycles. The lowest BCUT2D eigenvalue weighted by molar-refractivity contribution is 0.233. The second-order valence-electron chi connectivity index (χ2n) is 4.72. The second-order valence-corrected chi connectivity index (χ2v) is 4.72. The van der Waals surface area contributed by atoms with E-state index in [9.17, 15) is 4.39 Å². The molecular formula is C14H16FN3O. The summed E-state index contributed by atoms with van der Waals surface area (Å²) in [6.07, 6.45) is 1.72. The van der Waals surface area contributed by atoms with Crippen LogP contribution in [0.3, 0.4) is 0 Å². The lowest BCUT2D eigenvalue weighted by Gasteiger charge is -2.26. The van der Waals surface area contributed by atoms with E-state index in [4.69, 9.17) is 4.52 Å². The highest BCUT2D eigenvalue weighted by molar-refractivity contribution is 5.60. The third-order valence-corrected chi connectivity index (χ3v) is 3.33. The van der Waals surface area contributed by atoms with Crippen LogP contribution in [-0.4, -0.2) is 36.2 Å². The van der Waals surface area contributed by atoms with Crippen molar-refractivity contribution >= 4 is 0 Å². The van der Waals surface area contributed by atoms with Gasteiger partial charge in [-0.05, 0) is 12.1 Å². The summed E-state index contributed by atoms with van der Waals surface area (Å²) in [6, 6.07) is 6.42. The van der Waals surface area contributed by atoms with Gasteiger partial charge in [0, 0.05) is 43.9 Å². The summed E-state index contributed by atoms with van der Waals surface area (Å²) in [4.78, 5) is 2.34. The predicted molar refractivity (Wildman–Crippen MR) is 70.0 cm³/mol. The zero-order valence-electron chi connectivity index (χ0n) is 10.6. The van der Waals surface area contributed by atoms with Crippen LogP contribution in [0.25, 0.3) is 11.3 Å². The molecule has 1 aromatic heterocycles. The van der Waals surface area contributed by atoms with Crippen molar-refractivity contribution in [3.05, 3.63) is 41.8 Å². The Hall–Kier alpha value is -1.72. The second kappa shape index (κ2) is 5.50. The first-order valence-electron chi connectivity index (χ1n) is 6.45. The first-order chi connectivity index (χ1) is 9.33. The Morgan fingerprint density at radius 1 is 1.32 bits per heavy atom. The minimum absolute atomic E-state index is 0.262. The Kier molecular flexibility index (Phi) is 3.57. The number of aromatic nitrogens is 1. The molecule has 100 valence electrons. The highest BCUT2D eigenvalue weighted by Crippen LogP contribution is 2.25. The van der Waals surface area contributed by atoms with E-state index in [1.807, 2.05) is 6.07 Å². The average Bonchev–Trinajstić information content (AvgIpc) is 2.88. The minimum atomic E-state index is -0.262. The molecule has 19 heavy (non-hydrogen) atoms. The van der Waals surface area contributed by atoms with Crippen molar-refractivity contribution in [1.82, 2.24) is 15.4 Å². The van der Waals surface area contributed by atoms with Crippen molar-refractivity contribution in [1.29, 1.82) is 0 Å². The molecule has 0 saturated carbocycles. The maximum atomic E-state index is 13.3. The molecule has 0 radical (unpaired) electrons. The molecule has 1 saturated heterocycles. The highest BCUT2D eigenvalue weighted by Gasteiger charge is 2.16. The Morgan fingerprint density at radius 2 is 2.16 bits per heavy atom. The monoisotopic (exact) mass is 261 g/mol. The van der Waals surface area contributed by atoms with Gasteiger partial charge in [-0.1, -0.05) is 17.3 Å². The molecule has 0 atom stereocenters. The number of piperazine rings is 1. The molecule has 2 aromatic rings. The molecule has 1 N–H and O–H groups in total. The van der Waals surface area contributed by atoms with Crippen molar-refractivity contribution in [2.24, 2.45) is 0 Å². The molecule has 1 fully saturated rings. The van der Waals surface area contributed by atoms with Gasteiger partial charge < -0.3 is 9.84 Å². The number of hydrogen-bond donors (Lipinski definition) is 1. The zero-order valence-corrected chi connectivity index (χ0v) is 10.6. The number of nitrogens with zero attached hydrogens (tertiary/aromatic N) is 2. The van der Waals surface area contributed by atoms with E-state index in [0.29, 0.717) is 5.76 Å². The first kappa shape index (κ1) is 12.3. The SMILES string of the molecule is Fc1cccc(-c2oncc2CN2CCNCC2)c1. The largest absolute Gasteiger partial charge is 0.356 e. The van der Waals surface area contributed by atoms with E-state index in [1.54, 1.807) is 12.3 Å². The lowest BCUT2D eigenvalue weighted by Crippen LogP contribution is -2.42. The van der Waals surface area contributed by atoms with E-state index < -0.39 is 0 Å². The Balaban J connectivity index is 1.81. The van der Waals surface area contributed by atoms with Gasteiger partial charge in [-0.3, -0.25) is 4.90 Å². The maximum Gasteiger partial charge on any atom is 0.171 e. The normalized spacial score (nSPS) is 16.7. The summed E-state index contributed by atoms with van der Waals surface area (Å²) in [5.41, 5.74) is 1.75. The maximum absolute atomic E-state index is 13.3. The van der Waals surface area contributed by atoms with Crippen molar-refractivity contribution in [3.8, 4) is 11.3 Å². The van der Waals surface area contributed by atoms with E-state index in [1.165, 1.54) is 12.1 Å². The number of nitrogens with one attached hydrogen (secondary N) is 1. The standard InChI is InChI=1S/C14H16FN3O/c15-13-3-1-2-11(8-13)14-12(9-17-19-14)10-18-6-4-16-5-7-18/h1-3,8-9,16H,4-7,10H2. The molecule has 2 heterocycles. The predicted octanol–water partition coefficient (Wildman–Crippen LogP) is 1.89. The smallest absolute Gasteiger partial charge is 0.171 e. The molecule has 0 bridgehead atoms. The van der Waals surface area contributed by atoms with Crippen molar-refractivity contribution in [2.45, 2.75) is 6.54 Å². The summed E-state index contributed by atoms with van der Waals surface area (Å²) >= 11 is 0. The summed E-state index contributed by atoms with van der Waals surface area (Å²) in [5.74, 6) is 0.403. The lowest BCUT2D eigenvalue weighted by atomic mass is 10.1. The zero-order chi connectivity index (χ0) is 13.1. The summed E-state index contributed by atoms with van der Waals surface area (Å²) in [7, 11) is 0. The third-order valence-electron chi connectivity index (χ3n) is 3.33. The van der Waals surface area contributed by atoms with Gasteiger partial charge in [0.2, 0.25) is 0 Å². The molecule has 1 aliphatic rings. The summed E-state index contributed by atoms with van der Waals surface area (Å²) < 4.78 is 18.6. The van der Waals surface area contributed by atoms with Crippen molar-refractivity contribution < 1.29 is 8.91 Å². The number of benzene rings is 1. The molecule has 5 heteroatoms. The Morgan fingerprint density at radius 3 is 2.95 bits per heavy atom. The highest BCUT2D eigenvalue weighted by atomic mass is 19.1. The summed E-state index contributed by atoms with van der Waals surface area (Å²) in [6.45, 7) is 4.81. The molecular weight excluding hydrogens is 245 g/mol. The van der Waals surface area contributed by atoms with Crippen LogP contribution in [0.15, 0.2) is 35.0 Å². The van der Waals surface area contributed by atoms with Crippen LogP contribution in [0.2, 0.25) is 0 Å². The van der Waals surface area contributed by atoms with Gasteiger partial charge in [-0.2, -0.15) is 0 Å². The van der Waals surface area contributed by atoms with Crippen LogP contribution in [0, 0.1) is 5.82 Å². The molecule has 3 rings (SSSR count). The van der Waals surface area contributed by atoms with Crippen molar-refractivity contribution in [2.75, 3.05) is 26.2 Å². The van der Waals surface area contributed by atoms with Crippen LogP contribution in [0.5, 0.6) is 0 Å². The number of rotatable bonds is 3. The van der Waals surface area contributed by atoms with Gasteiger partial charge >= 0.3 is 0 Å². The quantitative estimate of drug-likeness (QED) is 0.916. The minimum Gasteiger partial charge on any atom is -0.356 e. The van der Waals surface area contributed by atoms with Gasteiger partial charge in [0.1, 0.15) is 5.82 Å². The molecule has 0 spiro atoms. The summed E-state index contributed by atoms with van der Waals surface area (Å²) in [5, 5.41) is 7.17. The topological polar surface area (TPSA) is 41.3 Å². The fourth-order valence-corrected chi connectivity index (χ4v) is 2.35. The van der Waals surface area contributed by atoms with E-state index in [-0.39, 0.29) is 5.82 Å². The van der Waals surface area contributed by atoms with Crippen LogP contribution < -0.4 is 5.32 Å². The Bertz CT molecular complexity index is 549. The van der Waals surface area contributed by atoms with Gasteiger partial charge in [0.25, 0.3) is 0 Å². The average molecular weight is 261 g/mol. The molecule has 4 nitrogen and oxygen atoms in total. The van der Waals surface area contributed by atoms with Gasteiger partial charge in [-0.15, -0.1) is 0 Å². The van der Waals surface area contributed by atoms with E-state index >= 15 is 0 Å². The molecule has 0 aliphatic carbocycles. The fraction of sp³-hybridized carbons (Fsp3) is 0.357. The van der Waals surface area contributed by atoms with E-state index in [2.05, 4.69) is 15.4 Å². The fourth-order valence-electron chi connectivity index (χ4n) is 2.35. The molecule has 0 amide bonds. The van der Waals surface area contributed by atoms with Crippen LogP contribution in [0.1, 0.15) is 5.56 Å². The van der Waals surface area contributed by atoms with Crippen LogP contribution in [0.4, 0.5) is 4.39 Å². The van der Waals surface area contributed by atoms with Gasteiger partial charge in [-0.25, -0.2) is 4.39 Å². The first-order valence-corrected chi connectivity index (χ1v) is 6.45. The number of halogens is 1. The number of hydrogen-bond acceptors (Lipinski definition) is 4. The van der Waals surface area contributed by atoms with Crippen LogP contribution in [-0.2, 0) is 6.54 Å². The van der Waals surface area contributed by atoms with Crippen molar-refractivity contribution in [3.63, 3.8) is 0 Å².